The maximum Gasteiger partial charge on any atom is 0.311 e. The van der Waals surface area contributed by atoms with E-state index in [9.17, 15) is 35.1 Å². The Hall–Kier alpha value is -3.84. The first kappa shape index (κ1) is 61.4. The molecule has 0 saturated carbocycles. The third kappa shape index (κ3) is 14.7. The maximum absolute atomic E-state index is 14.5. The molecule has 3 aromatic rings. The second-order valence-electron chi connectivity index (χ2n) is 23.1. The van der Waals surface area contributed by atoms with E-state index >= 15 is 0 Å². The van der Waals surface area contributed by atoms with Crippen molar-refractivity contribution < 1.29 is 63.5 Å². The van der Waals surface area contributed by atoms with Crippen LogP contribution in [-0.4, -0.2) is 202 Å². The molecule has 76 heavy (non-hydrogen) atoms. The fourth-order valence-electron chi connectivity index (χ4n) is 11.6. The molecule has 5 N–H and O–H groups in total. The highest BCUT2D eigenvalue weighted by Gasteiger charge is 2.53. The smallest absolute Gasteiger partial charge is 0.311 e. The number of Topliss-reactive ketones (excluding diaryl/α,β-unsaturated/α-hetero) is 1. The lowest BCUT2D eigenvalue weighted by Crippen LogP contribution is -2.61. The molecule has 6 rings (SSSR count). The van der Waals surface area contributed by atoms with Crippen LogP contribution in [0.4, 0.5) is 0 Å². The van der Waals surface area contributed by atoms with Crippen LogP contribution < -0.4 is 0 Å². The summed E-state index contributed by atoms with van der Waals surface area (Å²) in [6.07, 6.45) is -2.13. The summed E-state index contributed by atoms with van der Waals surface area (Å²) < 4.78 is 41.8. The van der Waals surface area contributed by atoms with Crippen LogP contribution in [0.3, 0.4) is 0 Å². The molecule has 5 heterocycles. The van der Waals surface area contributed by atoms with Crippen molar-refractivity contribution in [2.75, 3.05) is 34.3 Å². The van der Waals surface area contributed by atoms with E-state index in [4.69, 9.17) is 28.4 Å². The fraction of sp³-hybridized carbons (Fsp3) is 0.782. The Morgan fingerprint density at radius 1 is 0.908 bits per heavy atom. The Kier molecular flexibility index (Phi) is 21.0. The Balaban J connectivity index is 1.17. The summed E-state index contributed by atoms with van der Waals surface area (Å²) in [6.45, 7) is 20.7. The molecule has 3 aliphatic heterocycles. The lowest BCUT2D eigenvalue weighted by molar-refractivity contribution is -0.318. The van der Waals surface area contributed by atoms with Crippen molar-refractivity contribution in [1.29, 1.82) is 0 Å². The Morgan fingerprint density at radius 2 is 1.61 bits per heavy atom. The summed E-state index contributed by atoms with van der Waals surface area (Å²) in [7, 11) is 5.29. The van der Waals surface area contributed by atoms with Crippen LogP contribution in [0.2, 0.25) is 0 Å². The van der Waals surface area contributed by atoms with Gasteiger partial charge in [-0.1, -0.05) is 43.3 Å². The van der Waals surface area contributed by atoms with E-state index in [1.807, 2.05) is 62.8 Å². The highest BCUT2D eigenvalue weighted by Crippen LogP contribution is 2.40. The number of carbonyl (C=O) groups excluding carboxylic acids is 2. The van der Waals surface area contributed by atoms with Crippen LogP contribution in [0.1, 0.15) is 136 Å². The van der Waals surface area contributed by atoms with Crippen LogP contribution >= 0.6 is 0 Å². The molecule has 0 spiro atoms. The predicted molar refractivity (Wildman–Crippen MR) is 281 cm³/mol. The summed E-state index contributed by atoms with van der Waals surface area (Å²) in [4.78, 5) is 30.1. The minimum atomic E-state index is -1.84. The number of ether oxygens (including phenoxy) is 6. The van der Waals surface area contributed by atoms with E-state index in [1.54, 1.807) is 52.4 Å². The summed E-state index contributed by atoms with van der Waals surface area (Å²) in [5, 5.41) is 76.6. The van der Waals surface area contributed by atoms with Crippen molar-refractivity contribution in [2.45, 2.75) is 224 Å². The summed E-state index contributed by atoms with van der Waals surface area (Å²) >= 11 is 0. The molecule has 0 amide bonds. The largest absolute Gasteiger partial charge is 0.459 e. The number of benzene rings is 1. The molecule has 21 nitrogen and oxygen atoms in total. The van der Waals surface area contributed by atoms with E-state index < -0.39 is 102 Å². The molecule has 2 aromatic heterocycles. The van der Waals surface area contributed by atoms with Crippen molar-refractivity contribution in [3.63, 3.8) is 0 Å². The van der Waals surface area contributed by atoms with Gasteiger partial charge in [0.25, 0.3) is 0 Å². The molecule has 3 aliphatic rings. The van der Waals surface area contributed by atoms with Crippen molar-refractivity contribution in [3.8, 4) is 5.69 Å². The Bertz CT molecular complexity index is 2320. The van der Waals surface area contributed by atoms with E-state index in [0.29, 0.717) is 38.2 Å². The zero-order valence-electron chi connectivity index (χ0n) is 47.5. The molecule has 3 saturated heterocycles. The van der Waals surface area contributed by atoms with Crippen LogP contribution in [0.5, 0.6) is 0 Å². The maximum atomic E-state index is 14.5. The summed E-state index contributed by atoms with van der Waals surface area (Å²) in [5.41, 5.74) is -1.36. The SMILES string of the molecule is CC[C@H]1OC(=O)[C@H](C)[C@@H](O[C@H]2C[C@@](C)(OC)[C@@H](O)[C@H](C)O2)[C@H](C)[C@@H](O[C@@H]2O[C@H](C)C[C@H](N(C)CCc3cn(CCCCc4ccc(-n5cc(C(C)=O)nn5)cc4)nn3)[C@H]2O)[C@](C)(O)C[C@@H](C)CN(C)[C@H](C)[C@@H](O)[C@]1(C)O. The number of aryl methyl sites for hydroxylation is 2. The molecule has 1 aromatic carbocycles. The van der Waals surface area contributed by atoms with Crippen molar-refractivity contribution in [3.05, 3.63) is 53.6 Å². The number of nitrogens with zero attached hydrogens (tertiary/aromatic N) is 8. The van der Waals surface area contributed by atoms with Crippen LogP contribution in [0.15, 0.2) is 36.7 Å². The van der Waals surface area contributed by atoms with Crippen LogP contribution in [0, 0.1) is 17.8 Å². The van der Waals surface area contributed by atoms with Gasteiger partial charge in [-0.05, 0) is 125 Å². The Labute approximate surface area is 449 Å². The van der Waals surface area contributed by atoms with Crippen molar-refractivity contribution >= 4 is 11.8 Å². The van der Waals surface area contributed by atoms with Gasteiger partial charge in [0.15, 0.2) is 18.4 Å². The monoisotopic (exact) mass is 1070 g/mol. The van der Waals surface area contributed by atoms with Gasteiger partial charge in [-0.25, -0.2) is 4.68 Å². The zero-order valence-corrected chi connectivity index (χ0v) is 47.5. The average molecular weight is 1070 g/mol. The number of methoxy groups -OCH3 is 1. The number of hydrogen-bond acceptors (Lipinski definition) is 19. The van der Waals surface area contributed by atoms with E-state index in [2.05, 4.69) is 37.7 Å². The number of aromatic nitrogens is 6. The number of aliphatic hydroxyl groups excluding tert-OH is 3. The van der Waals surface area contributed by atoms with Gasteiger partial charge < -0.3 is 63.8 Å². The predicted octanol–water partition coefficient (Wildman–Crippen LogP) is 3.91. The van der Waals surface area contributed by atoms with Gasteiger partial charge in [-0.15, -0.1) is 10.2 Å². The first-order valence-electron chi connectivity index (χ1n) is 27.4. The first-order valence-corrected chi connectivity index (χ1v) is 27.4. The third-order valence-electron chi connectivity index (χ3n) is 16.6. The number of ketones is 1. The normalized spacial score (nSPS) is 37.6. The lowest BCUT2D eigenvalue weighted by Gasteiger charge is -2.49. The molecule has 18 atom stereocenters. The molecule has 0 radical (unpaired) electrons. The van der Waals surface area contributed by atoms with Gasteiger partial charge in [-0.3, -0.25) is 14.3 Å². The second kappa shape index (κ2) is 26.0. The van der Waals surface area contributed by atoms with E-state index in [0.717, 1.165) is 30.6 Å². The second-order valence-corrected chi connectivity index (χ2v) is 23.1. The molecule has 428 valence electrons. The molecule has 0 aliphatic carbocycles. The topological polar surface area (TPSA) is 259 Å². The molecular formula is C55H90N8O13. The quantitative estimate of drug-likeness (QED) is 0.0729. The minimum Gasteiger partial charge on any atom is -0.459 e. The summed E-state index contributed by atoms with van der Waals surface area (Å²) in [6, 6.07) is 7.06. The zero-order chi connectivity index (χ0) is 56.0. The number of hydrogen-bond donors (Lipinski definition) is 5. The number of aliphatic hydroxyl groups is 5. The fourth-order valence-corrected chi connectivity index (χ4v) is 11.6. The van der Waals surface area contributed by atoms with E-state index in [-0.39, 0.29) is 37.1 Å². The van der Waals surface area contributed by atoms with Crippen molar-refractivity contribution in [1.82, 2.24) is 39.8 Å². The molecule has 21 heteroatoms. The lowest BCUT2D eigenvalue weighted by atomic mass is 9.77. The van der Waals surface area contributed by atoms with Gasteiger partial charge in [0.1, 0.15) is 35.7 Å². The number of unbranched alkanes of at least 4 members (excludes halogenated alkanes) is 1. The Morgan fingerprint density at radius 3 is 2.25 bits per heavy atom. The number of likely N-dealkylation sites (N-methyl/N-ethyl adjacent to an activating group) is 2. The van der Waals surface area contributed by atoms with Crippen molar-refractivity contribution in [2.24, 2.45) is 17.8 Å². The average Bonchev–Trinajstić information content (AvgIpc) is 4.06. The first-order chi connectivity index (χ1) is 35.7. The number of esters is 1. The third-order valence-corrected chi connectivity index (χ3v) is 16.6. The molecule has 0 bridgehead atoms. The number of cyclic esters (lactones) is 1. The standard InChI is InChI=1S/C55H90N8O13/c1-15-44-55(11,70)48(66)36(6)61(13)29-32(2)27-53(9,69)50(34(4)47(35(5)51(68)74-44)75-45-28-54(10,71-14)49(67)38(8)73-45)76-52-46(65)43(26-33(3)72-52)60(12)25-23-40-30-62(58-56-40)24-17-16-18-39-19-21-41(22-20-39)63-31-42(37(7)64)57-59-63/h19-22,30-36,38,43-50,52,65-67,69-70H,15-18,23-29H2,1-14H3/t32-,33-,34+,35-,36-,38+,43+,44-,45+,46-,47+,48-,49+,50-,52+,53-,54-,55-/m1/s1. The number of carbonyl (C=O) groups is 2. The molecule has 3 fully saturated rings. The minimum absolute atomic E-state index is 0.101. The summed E-state index contributed by atoms with van der Waals surface area (Å²) in [5.74, 6) is -2.91. The van der Waals surface area contributed by atoms with Crippen LogP contribution in [-0.2, 0) is 52.6 Å². The van der Waals surface area contributed by atoms with Gasteiger partial charge in [0.05, 0.1) is 59.1 Å². The molecular weight excluding hydrogens is 981 g/mol. The van der Waals surface area contributed by atoms with E-state index in [1.165, 1.54) is 26.5 Å². The van der Waals surface area contributed by atoms with Gasteiger partial charge in [-0.2, -0.15) is 0 Å². The number of rotatable bonds is 17. The van der Waals surface area contributed by atoms with Crippen LogP contribution in [0.25, 0.3) is 5.69 Å². The highest BCUT2D eigenvalue weighted by atomic mass is 16.7. The molecule has 0 unspecified atom stereocenters. The van der Waals surface area contributed by atoms with Gasteiger partial charge in [0, 0.05) is 70.7 Å². The highest BCUT2D eigenvalue weighted by molar-refractivity contribution is 5.91. The van der Waals surface area contributed by atoms with Gasteiger partial charge in [0.2, 0.25) is 0 Å². The van der Waals surface area contributed by atoms with Gasteiger partial charge >= 0.3 is 5.97 Å².